The molecule has 1 aliphatic heterocycles. The van der Waals surface area contributed by atoms with Gasteiger partial charge in [0.05, 0.1) is 5.56 Å². The quantitative estimate of drug-likeness (QED) is 0.892. The summed E-state index contributed by atoms with van der Waals surface area (Å²) >= 11 is 0. The highest BCUT2D eigenvalue weighted by molar-refractivity contribution is 6.01. The van der Waals surface area contributed by atoms with Crippen molar-refractivity contribution in [2.24, 2.45) is 5.92 Å². The summed E-state index contributed by atoms with van der Waals surface area (Å²) in [6.45, 7) is 6.14. The number of benzene rings is 2. The summed E-state index contributed by atoms with van der Waals surface area (Å²) in [6, 6.07) is 11.1. The molecule has 23 heavy (non-hydrogen) atoms. The highest BCUT2D eigenvalue weighted by atomic mass is 16.3. The standard InChI is InChI=1S/C19H24N2O2/c1-14(13-21-8-4-5-9-21)12-20-19(23)17-10-15-6-2-3-7-16(15)11-18(17)22/h2-3,6-7,10-11,14,22H,4-5,8-9,12-13H2,1H3,(H,20,23)/t14-/m1/s1. The van der Waals surface area contributed by atoms with E-state index in [9.17, 15) is 9.90 Å². The smallest absolute Gasteiger partial charge is 0.255 e. The van der Waals surface area contributed by atoms with E-state index in [0.717, 1.165) is 17.3 Å². The maximum atomic E-state index is 12.4. The number of phenols is 1. The Kier molecular flexibility index (Phi) is 4.82. The lowest BCUT2D eigenvalue weighted by molar-refractivity contribution is 0.0942. The minimum Gasteiger partial charge on any atom is -0.507 e. The Morgan fingerprint density at radius 2 is 1.87 bits per heavy atom. The van der Waals surface area contributed by atoms with E-state index in [0.29, 0.717) is 18.0 Å². The highest BCUT2D eigenvalue weighted by Crippen LogP contribution is 2.24. The molecule has 1 atom stereocenters. The summed E-state index contributed by atoms with van der Waals surface area (Å²) in [7, 11) is 0. The first-order chi connectivity index (χ1) is 11.1. The summed E-state index contributed by atoms with van der Waals surface area (Å²) in [6.07, 6.45) is 2.56. The van der Waals surface area contributed by atoms with E-state index in [1.54, 1.807) is 12.1 Å². The summed E-state index contributed by atoms with van der Waals surface area (Å²) in [5.74, 6) is 0.231. The minimum atomic E-state index is -0.207. The van der Waals surface area contributed by atoms with Crippen LogP contribution in [0.2, 0.25) is 0 Å². The minimum absolute atomic E-state index is 0.0356. The van der Waals surface area contributed by atoms with Gasteiger partial charge in [-0.25, -0.2) is 0 Å². The van der Waals surface area contributed by atoms with E-state index in [1.807, 2.05) is 24.3 Å². The van der Waals surface area contributed by atoms with Gasteiger partial charge in [0.25, 0.3) is 5.91 Å². The third-order valence-corrected chi connectivity index (χ3v) is 4.49. The van der Waals surface area contributed by atoms with Gasteiger partial charge < -0.3 is 15.3 Å². The SMILES string of the molecule is C[C@H](CNC(=O)c1cc2ccccc2cc1O)CN1CCCC1. The van der Waals surface area contributed by atoms with Crippen LogP contribution >= 0.6 is 0 Å². The number of amides is 1. The number of likely N-dealkylation sites (tertiary alicyclic amines) is 1. The Morgan fingerprint density at radius 3 is 2.57 bits per heavy atom. The highest BCUT2D eigenvalue weighted by Gasteiger charge is 2.17. The molecule has 0 aromatic heterocycles. The first-order valence-electron chi connectivity index (χ1n) is 8.36. The fourth-order valence-electron chi connectivity index (χ4n) is 3.24. The second kappa shape index (κ2) is 7.01. The molecule has 4 nitrogen and oxygen atoms in total. The van der Waals surface area contributed by atoms with Gasteiger partial charge in [0, 0.05) is 13.1 Å². The Labute approximate surface area is 137 Å². The van der Waals surface area contributed by atoms with Crippen LogP contribution in [-0.2, 0) is 0 Å². The number of aromatic hydroxyl groups is 1. The van der Waals surface area contributed by atoms with Crippen molar-refractivity contribution in [3.63, 3.8) is 0 Å². The lowest BCUT2D eigenvalue weighted by Crippen LogP contribution is -2.34. The van der Waals surface area contributed by atoms with E-state index < -0.39 is 0 Å². The van der Waals surface area contributed by atoms with Crippen molar-refractivity contribution in [2.45, 2.75) is 19.8 Å². The molecular formula is C19H24N2O2. The average Bonchev–Trinajstić information content (AvgIpc) is 3.05. The number of nitrogens with zero attached hydrogens (tertiary/aromatic N) is 1. The van der Waals surface area contributed by atoms with Crippen molar-refractivity contribution in [3.8, 4) is 5.75 Å². The number of carbonyl (C=O) groups is 1. The van der Waals surface area contributed by atoms with Gasteiger partial charge in [-0.3, -0.25) is 4.79 Å². The molecule has 0 bridgehead atoms. The zero-order valence-corrected chi connectivity index (χ0v) is 13.6. The van der Waals surface area contributed by atoms with Crippen molar-refractivity contribution < 1.29 is 9.90 Å². The Morgan fingerprint density at radius 1 is 1.22 bits per heavy atom. The Balaban J connectivity index is 1.62. The molecule has 2 aromatic carbocycles. The van der Waals surface area contributed by atoms with Gasteiger partial charge in [-0.05, 0) is 54.8 Å². The Hall–Kier alpha value is -2.07. The molecule has 4 heteroatoms. The average molecular weight is 312 g/mol. The van der Waals surface area contributed by atoms with Crippen LogP contribution in [0.5, 0.6) is 5.75 Å². The lowest BCUT2D eigenvalue weighted by Gasteiger charge is -2.20. The molecule has 2 aromatic rings. The molecule has 0 radical (unpaired) electrons. The number of phenolic OH excluding ortho intramolecular Hbond substituents is 1. The van der Waals surface area contributed by atoms with Gasteiger partial charge in [-0.1, -0.05) is 31.2 Å². The number of carbonyl (C=O) groups excluding carboxylic acids is 1. The number of hydrogen-bond acceptors (Lipinski definition) is 3. The van der Waals surface area contributed by atoms with Gasteiger partial charge >= 0.3 is 0 Å². The van der Waals surface area contributed by atoms with Crippen molar-refractivity contribution >= 4 is 16.7 Å². The molecule has 1 heterocycles. The van der Waals surface area contributed by atoms with Gasteiger partial charge in [0.15, 0.2) is 0 Å². The van der Waals surface area contributed by atoms with Crippen molar-refractivity contribution in [1.82, 2.24) is 10.2 Å². The number of rotatable bonds is 5. The fraction of sp³-hybridized carbons (Fsp3) is 0.421. The largest absolute Gasteiger partial charge is 0.507 e. The molecule has 3 rings (SSSR count). The molecular weight excluding hydrogens is 288 g/mol. The second-order valence-electron chi connectivity index (χ2n) is 6.54. The first-order valence-corrected chi connectivity index (χ1v) is 8.36. The summed E-state index contributed by atoms with van der Waals surface area (Å²) in [5, 5.41) is 15.0. The molecule has 1 fully saturated rings. The monoisotopic (exact) mass is 312 g/mol. The second-order valence-corrected chi connectivity index (χ2v) is 6.54. The van der Waals surface area contributed by atoms with Crippen LogP contribution in [-0.4, -0.2) is 42.1 Å². The van der Waals surface area contributed by atoms with Crippen LogP contribution in [0, 0.1) is 5.92 Å². The topological polar surface area (TPSA) is 52.6 Å². The molecule has 0 unspecified atom stereocenters. The van der Waals surface area contributed by atoms with Crippen LogP contribution in [0.3, 0.4) is 0 Å². The van der Waals surface area contributed by atoms with Gasteiger partial charge in [-0.15, -0.1) is 0 Å². The fourth-order valence-corrected chi connectivity index (χ4v) is 3.24. The first kappa shape index (κ1) is 15.8. The summed E-state index contributed by atoms with van der Waals surface area (Å²) < 4.78 is 0. The zero-order chi connectivity index (χ0) is 16.2. The molecule has 0 saturated carbocycles. The molecule has 0 aliphatic carbocycles. The van der Waals surface area contributed by atoms with Crippen LogP contribution in [0.15, 0.2) is 36.4 Å². The predicted molar refractivity (Wildman–Crippen MR) is 92.8 cm³/mol. The number of fused-ring (bicyclic) bond motifs is 1. The van der Waals surface area contributed by atoms with Gasteiger partial charge in [0.1, 0.15) is 5.75 Å². The molecule has 2 N–H and O–H groups in total. The predicted octanol–water partition coefficient (Wildman–Crippen LogP) is 3.01. The number of nitrogens with one attached hydrogen (secondary N) is 1. The Bertz CT molecular complexity index is 693. The van der Waals surface area contributed by atoms with Crippen molar-refractivity contribution in [2.75, 3.05) is 26.2 Å². The normalized spacial score (nSPS) is 16.6. The molecule has 0 spiro atoms. The number of hydrogen-bond donors (Lipinski definition) is 2. The van der Waals surface area contributed by atoms with E-state index in [1.165, 1.54) is 25.9 Å². The van der Waals surface area contributed by atoms with Crippen LogP contribution in [0.25, 0.3) is 10.8 Å². The summed E-state index contributed by atoms with van der Waals surface area (Å²) in [5.41, 5.74) is 0.345. The molecule has 1 saturated heterocycles. The van der Waals surface area contributed by atoms with E-state index in [4.69, 9.17) is 0 Å². The zero-order valence-electron chi connectivity index (χ0n) is 13.6. The molecule has 1 aliphatic rings. The van der Waals surface area contributed by atoms with Crippen LogP contribution in [0.1, 0.15) is 30.1 Å². The van der Waals surface area contributed by atoms with Crippen molar-refractivity contribution in [1.29, 1.82) is 0 Å². The third-order valence-electron chi connectivity index (χ3n) is 4.49. The van der Waals surface area contributed by atoms with Gasteiger partial charge in [0.2, 0.25) is 0 Å². The summed E-state index contributed by atoms with van der Waals surface area (Å²) in [4.78, 5) is 14.8. The van der Waals surface area contributed by atoms with E-state index in [-0.39, 0.29) is 11.7 Å². The maximum Gasteiger partial charge on any atom is 0.255 e. The lowest BCUT2D eigenvalue weighted by atomic mass is 10.0. The maximum absolute atomic E-state index is 12.4. The van der Waals surface area contributed by atoms with E-state index in [2.05, 4.69) is 17.1 Å². The van der Waals surface area contributed by atoms with E-state index >= 15 is 0 Å². The molecule has 122 valence electrons. The van der Waals surface area contributed by atoms with Crippen molar-refractivity contribution in [3.05, 3.63) is 42.0 Å². The van der Waals surface area contributed by atoms with Crippen LogP contribution < -0.4 is 5.32 Å². The van der Waals surface area contributed by atoms with Gasteiger partial charge in [-0.2, -0.15) is 0 Å². The molecule has 1 amide bonds. The van der Waals surface area contributed by atoms with Crippen LogP contribution in [0.4, 0.5) is 0 Å². The third kappa shape index (κ3) is 3.82.